The molecule has 0 aromatic rings. The highest BCUT2D eigenvalue weighted by molar-refractivity contribution is 8.00. The summed E-state index contributed by atoms with van der Waals surface area (Å²) in [6.45, 7) is 9.46. The maximum absolute atomic E-state index is 12.3. The van der Waals surface area contributed by atoms with Gasteiger partial charge in [-0.05, 0) is 26.8 Å². The van der Waals surface area contributed by atoms with Gasteiger partial charge in [0, 0.05) is 24.9 Å². The zero-order chi connectivity index (χ0) is 16.2. The topological polar surface area (TPSA) is 72.9 Å². The van der Waals surface area contributed by atoms with Gasteiger partial charge in [-0.2, -0.15) is 0 Å². The Kier molecular flexibility index (Phi) is 6.80. The van der Waals surface area contributed by atoms with Gasteiger partial charge in [-0.25, -0.2) is 9.59 Å². The van der Waals surface area contributed by atoms with Crippen molar-refractivity contribution in [2.24, 2.45) is 5.92 Å². The lowest BCUT2D eigenvalue weighted by molar-refractivity contribution is -0.141. The van der Waals surface area contributed by atoms with Crippen LogP contribution in [0.1, 0.15) is 27.7 Å². The van der Waals surface area contributed by atoms with Crippen LogP contribution in [0.3, 0.4) is 0 Å². The van der Waals surface area contributed by atoms with Gasteiger partial charge >= 0.3 is 12.0 Å². The molecule has 1 aliphatic rings. The molecule has 2 unspecified atom stereocenters. The number of thioether (sulfide) groups is 1. The van der Waals surface area contributed by atoms with E-state index < -0.39 is 12.0 Å². The molecular formula is C14H27N3O3S. The lowest BCUT2D eigenvalue weighted by Crippen LogP contribution is -2.52. The molecule has 2 atom stereocenters. The SMILES string of the molecule is CC(C)C1SCC(C(=O)O)N1C(=O)NCCN(C)C(C)C. The van der Waals surface area contributed by atoms with Crippen LogP contribution in [0, 0.1) is 5.92 Å². The predicted octanol–water partition coefficient (Wildman–Crippen LogP) is 1.52. The van der Waals surface area contributed by atoms with E-state index in [4.69, 9.17) is 0 Å². The largest absolute Gasteiger partial charge is 0.480 e. The molecule has 2 N–H and O–H groups in total. The molecule has 0 saturated carbocycles. The van der Waals surface area contributed by atoms with E-state index in [1.807, 2.05) is 20.9 Å². The third kappa shape index (κ3) is 4.78. The molecule has 1 saturated heterocycles. The van der Waals surface area contributed by atoms with Crippen molar-refractivity contribution in [3.63, 3.8) is 0 Å². The second kappa shape index (κ2) is 7.89. The quantitative estimate of drug-likeness (QED) is 0.777. The number of carbonyl (C=O) groups excluding carboxylic acids is 1. The van der Waals surface area contributed by atoms with Gasteiger partial charge in [0.2, 0.25) is 0 Å². The van der Waals surface area contributed by atoms with Crippen molar-refractivity contribution in [2.45, 2.75) is 45.2 Å². The number of rotatable bonds is 6. The highest BCUT2D eigenvalue weighted by Gasteiger charge is 2.42. The number of nitrogens with zero attached hydrogens (tertiary/aromatic N) is 2. The summed E-state index contributed by atoms with van der Waals surface area (Å²) < 4.78 is 0. The highest BCUT2D eigenvalue weighted by Crippen LogP contribution is 2.33. The fourth-order valence-corrected chi connectivity index (χ4v) is 3.65. The molecule has 0 aromatic carbocycles. The van der Waals surface area contributed by atoms with Crippen molar-refractivity contribution in [3.8, 4) is 0 Å². The summed E-state index contributed by atoms with van der Waals surface area (Å²) >= 11 is 1.54. The minimum Gasteiger partial charge on any atom is -0.480 e. The summed E-state index contributed by atoms with van der Waals surface area (Å²) in [5, 5.41) is 12.0. The van der Waals surface area contributed by atoms with Gasteiger partial charge in [0.15, 0.2) is 0 Å². The standard InChI is InChI=1S/C14H27N3O3S/c1-9(2)12-17(11(8-21-12)13(18)19)14(20)15-6-7-16(5)10(3)4/h9-12H,6-8H2,1-5H3,(H,15,20)(H,18,19). The fourth-order valence-electron chi connectivity index (χ4n) is 2.18. The molecule has 21 heavy (non-hydrogen) atoms. The zero-order valence-electron chi connectivity index (χ0n) is 13.5. The van der Waals surface area contributed by atoms with E-state index in [0.717, 1.165) is 6.54 Å². The second-order valence-corrected chi connectivity index (χ2v) is 7.19. The van der Waals surface area contributed by atoms with Crippen LogP contribution in [0.4, 0.5) is 4.79 Å². The van der Waals surface area contributed by atoms with E-state index in [1.165, 1.54) is 4.90 Å². The highest BCUT2D eigenvalue weighted by atomic mass is 32.2. The summed E-state index contributed by atoms with van der Waals surface area (Å²) in [5.74, 6) is -0.249. The van der Waals surface area contributed by atoms with Crippen LogP contribution in [-0.4, -0.2) is 70.3 Å². The van der Waals surface area contributed by atoms with Crippen molar-refractivity contribution in [2.75, 3.05) is 25.9 Å². The number of hydrogen-bond acceptors (Lipinski definition) is 4. The lowest BCUT2D eigenvalue weighted by Gasteiger charge is -2.30. The van der Waals surface area contributed by atoms with Crippen molar-refractivity contribution in [1.29, 1.82) is 0 Å². The van der Waals surface area contributed by atoms with Gasteiger partial charge in [0.25, 0.3) is 0 Å². The molecular weight excluding hydrogens is 290 g/mol. The van der Waals surface area contributed by atoms with Gasteiger partial charge < -0.3 is 15.3 Å². The minimum absolute atomic E-state index is 0.0751. The first kappa shape index (κ1) is 18.1. The summed E-state index contributed by atoms with van der Waals surface area (Å²) in [7, 11) is 2.00. The Morgan fingerprint density at radius 2 is 2.00 bits per heavy atom. The number of amides is 2. The number of likely N-dealkylation sites (N-methyl/N-ethyl adjacent to an activating group) is 1. The molecule has 1 heterocycles. The van der Waals surface area contributed by atoms with E-state index in [0.29, 0.717) is 18.3 Å². The van der Waals surface area contributed by atoms with E-state index in [9.17, 15) is 14.7 Å². The molecule has 0 radical (unpaired) electrons. The number of carboxylic acids is 1. The van der Waals surface area contributed by atoms with Gasteiger partial charge in [0.1, 0.15) is 6.04 Å². The lowest BCUT2D eigenvalue weighted by atomic mass is 10.2. The average Bonchev–Trinajstić information content (AvgIpc) is 2.83. The number of carbonyl (C=O) groups is 2. The van der Waals surface area contributed by atoms with Crippen LogP contribution in [0.15, 0.2) is 0 Å². The number of nitrogens with one attached hydrogen (secondary N) is 1. The van der Waals surface area contributed by atoms with Crippen molar-refractivity contribution in [1.82, 2.24) is 15.1 Å². The molecule has 1 rings (SSSR count). The Morgan fingerprint density at radius 3 is 2.48 bits per heavy atom. The monoisotopic (exact) mass is 317 g/mol. The van der Waals surface area contributed by atoms with E-state index in [2.05, 4.69) is 24.1 Å². The minimum atomic E-state index is -0.930. The third-order valence-electron chi connectivity index (χ3n) is 3.75. The van der Waals surface area contributed by atoms with Gasteiger partial charge in [-0.3, -0.25) is 4.90 Å². The molecule has 122 valence electrons. The average molecular weight is 317 g/mol. The number of aliphatic carboxylic acids is 1. The Hall–Kier alpha value is -0.950. The number of carboxylic acid groups (broad SMARTS) is 1. The molecule has 1 fully saturated rings. The summed E-state index contributed by atoms with van der Waals surface area (Å²) in [4.78, 5) is 27.3. The van der Waals surface area contributed by atoms with Crippen molar-refractivity contribution < 1.29 is 14.7 Å². The normalized spacial score (nSPS) is 22.4. The first-order valence-electron chi connectivity index (χ1n) is 7.36. The summed E-state index contributed by atoms with van der Waals surface area (Å²) in [6, 6.07) is -0.590. The Labute approximate surface area is 131 Å². The number of urea groups is 1. The smallest absolute Gasteiger partial charge is 0.327 e. The van der Waals surface area contributed by atoms with Crippen LogP contribution in [-0.2, 0) is 4.79 Å². The van der Waals surface area contributed by atoms with E-state index in [1.54, 1.807) is 11.8 Å². The predicted molar refractivity (Wildman–Crippen MR) is 85.5 cm³/mol. The first-order chi connectivity index (χ1) is 9.75. The maximum atomic E-state index is 12.3. The third-order valence-corrected chi connectivity index (χ3v) is 5.37. The van der Waals surface area contributed by atoms with Crippen LogP contribution >= 0.6 is 11.8 Å². The van der Waals surface area contributed by atoms with Gasteiger partial charge in [0.05, 0.1) is 5.37 Å². The van der Waals surface area contributed by atoms with E-state index >= 15 is 0 Å². The Balaban J connectivity index is 2.61. The molecule has 1 aliphatic heterocycles. The van der Waals surface area contributed by atoms with E-state index in [-0.39, 0.29) is 17.3 Å². The molecule has 0 aromatic heterocycles. The first-order valence-corrected chi connectivity index (χ1v) is 8.41. The Morgan fingerprint density at radius 1 is 1.38 bits per heavy atom. The Bertz CT molecular complexity index is 376. The fraction of sp³-hybridized carbons (Fsp3) is 0.857. The molecule has 6 nitrogen and oxygen atoms in total. The van der Waals surface area contributed by atoms with Crippen molar-refractivity contribution >= 4 is 23.8 Å². The van der Waals surface area contributed by atoms with Gasteiger partial charge in [-0.15, -0.1) is 11.8 Å². The summed E-state index contributed by atoms with van der Waals surface area (Å²) in [6.07, 6.45) is 0. The van der Waals surface area contributed by atoms with Crippen LogP contribution in [0.2, 0.25) is 0 Å². The zero-order valence-corrected chi connectivity index (χ0v) is 14.3. The van der Waals surface area contributed by atoms with Crippen molar-refractivity contribution in [3.05, 3.63) is 0 Å². The summed E-state index contributed by atoms with van der Waals surface area (Å²) in [5.41, 5.74) is 0. The molecule has 0 bridgehead atoms. The molecule has 2 amide bonds. The maximum Gasteiger partial charge on any atom is 0.327 e. The second-order valence-electron chi connectivity index (χ2n) is 6.04. The molecule has 0 aliphatic carbocycles. The van der Waals surface area contributed by atoms with Crippen LogP contribution in [0.25, 0.3) is 0 Å². The van der Waals surface area contributed by atoms with Crippen LogP contribution in [0.5, 0.6) is 0 Å². The number of hydrogen-bond donors (Lipinski definition) is 2. The van der Waals surface area contributed by atoms with Crippen LogP contribution < -0.4 is 5.32 Å². The molecule has 7 heteroatoms. The molecule has 0 spiro atoms. The van der Waals surface area contributed by atoms with Gasteiger partial charge in [-0.1, -0.05) is 13.8 Å².